The van der Waals surface area contributed by atoms with Crippen LogP contribution in [-0.2, 0) is 6.61 Å². The Labute approximate surface area is 118 Å². The van der Waals surface area contributed by atoms with Gasteiger partial charge in [-0.15, -0.1) is 0 Å². The van der Waals surface area contributed by atoms with Gasteiger partial charge in [-0.3, -0.25) is 4.98 Å². The monoisotopic (exact) mass is 321 g/mol. The first-order valence-electron chi connectivity index (χ1n) is 5.51. The lowest BCUT2D eigenvalue weighted by Crippen LogP contribution is -2.15. The van der Waals surface area contributed by atoms with Crippen LogP contribution in [0.25, 0.3) is 0 Å². The highest BCUT2D eigenvalue weighted by atomic mass is 79.9. The van der Waals surface area contributed by atoms with Crippen molar-refractivity contribution in [3.63, 3.8) is 0 Å². The molecule has 0 atom stereocenters. The molecule has 2 aromatic rings. The van der Waals surface area contributed by atoms with Crippen molar-refractivity contribution in [1.82, 2.24) is 4.98 Å². The van der Waals surface area contributed by atoms with Gasteiger partial charge >= 0.3 is 0 Å². The van der Waals surface area contributed by atoms with Crippen LogP contribution in [0.3, 0.4) is 0 Å². The second-order valence-electron chi connectivity index (χ2n) is 3.74. The molecule has 1 heterocycles. The Morgan fingerprint density at radius 2 is 2.21 bits per heavy atom. The van der Waals surface area contributed by atoms with Crippen molar-refractivity contribution >= 4 is 21.8 Å². The summed E-state index contributed by atoms with van der Waals surface area (Å²) in [5.74, 6) is 0.529. The second-order valence-corrected chi connectivity index (χ2v) is 4.65. The Hall–Kier alpha value is -2.08. The van der Waals surface area contributed by atoms with Gasteiger partial charge in [0.15, 0.2) is 5.84 Å². The van der Waals surface area contributed by atoms with Crippen LogP contribution in [0.4, 0.5) is 0 Å². The second kappa shape index (κ2) is 6.19. The number of rotatable bonds is 4. The Kier molecular flexibility index (Phi) is 4.35. The molecule has 1 aromatic carbocycles. The fourth-order valence-corrected chi connectivity index (χ4v) is 1.88. The van der Waals surface area contributed by atoms with Gasteiger partial charge in [0.25, 0.3) is 0 Å². The molecule has 98 valence electrons. The van der Waals surface area contributed by atoms with Gasteiger partial charge in [0, 0.05) is 10.7 Å². The van der Waals surface area contributed by atoms with Crippen LogP contribution in [0.15, 0.2) is 52.2 Å². The van der Waals surface area contributed by atoms with E-state index in [0.717, 1.165) is 10.2 Å². The number of aromatic nitrogens is 1. The van der Waals surface area contributed by atoms with Crippen molar-refractivity contribution in [1.29, 1.82) is 0 Å². The van der Waals surface area contributed by atoms with Gasteiger partial charge in [-0.1, -0.05) is 27.2 Å². The molecule has 5 nitrogen and oxygen atoms in total. The van der Waals surface area contributed by atoms with Crippen LogP contribution < -0.4 is 10.5 Å². The maximum Gasteiger partial charge on any atom is 0.173 e. The molecule has 0 saturated heterocycles. The van der Waals surface area contributed by atoms with Crippen molar-refractivity contribution in [2.75, 3.05) is 0 Å². The molecule has 0 amide bonds. The van der Waals surface area contributed by atoms with Crippen molar-refractivity contribution in [2.24, 2.45) is 10.9 Å². The summed E-state index contributed by atoms with van der Waals surface area (Å²) in [5, 5.41) is 11.8. The summed E-state index contributed by atoms with van der Waals surface area (Å²) in [5.41, 5.74) is 6.94. The van der Waals surface area contributed by atoms with Gasteiger partial charge < -0.3 is 15.7 Å². The number of hydrogen-bond acceptors (Lipinski definition) is 4. The smallest absolute Gasteiger partial charge is 0.173 e. The number of ether oxygens (including phenoxy) is 1. The van der Waals surface area contributed by atoms with E-state index in [1.807, 2.05) is 24.3 Å². The minimum Gasteiger partial charge on any atom is -0.487 e. The van der Waals surface area contributed by atoms with Crippen LogP contribution >= 0.6 is 15.9 Å². The topological polar surface area (TPSA) is 80.7 Å². The quantitative estimate of drug-likeness (QED) is 0.392. The van der Waals surface area contributed by atoms with Gasteiger partial charge in [-0.25, -0.2) is 0 Å². The van der Waals surface area contributed by atoms with E-state index in [1.54, 1.807) is 18.3 Å². The number of amidine groups is 1. The van der Waals surface area contributed by atoms with E-state index < -0.39 is 0 Å². The highest BCUT2D eigenvalue weighted by Gasteiger charge is 2.09. The fourth-order valence-electron chi connectivity index (χ4n) is 1.52. The van der Waals surface area contributed by atoms with Crippen molar-refractivity contribution < 1.29 is 9.94 Å². The molecule has 0 fully saturated rings. The molecule has 0 spiro atoms. The summed E-state index contributed by atoms with van der Waals surface area (Å²) in [6.07, 6.45) is 1.70. The number of nitrogens with two attached hydrogens (primary N) is 1. The Bertz CT molecular complexity index is 588. The molecule has 1 aromatic heterocycles. The zero-order valence-corrected chi connectivity index (χ0v) is 11.5. The highest BCUT2D eigenvalue weighted by molar-refractivity contribution is 9.10. The number of hydrogen-bond donors (Lipinski definition) is 2. The molecule has 0 aliphatic rings. The van der Waals surface area contributed by atoms with Gasteiger partial charge in [0.2, 0.25) is 0 Å². The van der Waals surface area contributed by atoms with Crippen LogP contribution in [0.1, 0.15) is 11.3 Å². The predicted octanol–water partition coefficient (Wildman–Crippen LogP) is 2.52. The SMILES string of the molecule is N/C(=N/O)c1cc(Br)ccc1OCc1ccccn1. The third-order valence-electron chi connectivity index (χ3n) is 2.43. The van der Waals surface area contributed by atoms with E-state index in [-0.39, 0.29) is 5.84 Å². The molecule has 0 aliphatic heterocycles. The molecular formula is C13H12BrN3O2. The Morgan fingerprint density at radius 1 is 1.37 bits per heavy atom. The zero-order chi connectivity index (χ0) is 13.7. The first kappa shape index (κ1) is 13.4. The highest BCUT2D eigenvalue weighted by Crippen LogP contribution is 2.23. The zero-order valence-electron chi connectivity index (χ0n) is 9.95. The molecular weight excluding hydrogens is 310 g/mol. The standard InChI is InChI=1S/C13H12BrN3O2/c14-9-4-5-12(11(7-9)13(15)17-18)19-8-10-3-1-2-6-16-10/h1-7,18H,8H2,(H2,15,17). The molecule has 0 radical (unpaired) electrons. The molecule has 19 heavy (non-hydrogen) atoms. The minimum atomic E-state index is -0.00248. The normalized spacial score (nSPS) is 11.3. The van der Waals surface area contributed by atoms with Crippen LogP contribution in [-0.4, -0.2) is 16.0 Å². The van der Waals surface area contributed by atoms with E-state index in [1.165, 1.54) is 0 Å². The molecule has 0 unspecified atom stereocenters. The average Bonchev–Trinajstić information content (AvgIpc) is 2.46. The number of oxime groups is 1. The number of halogens is 1. The molecule has 0 saturated carbocycles. The number of pyridine rings is 1. The van der Waals surface area contributed by atoms with Crippen LogP contribution in [0.2, 0.25) is 0 Å². The molecule has 3 N–H and O–H groups in total. The summed E-state index contributed by atoms with van der Waals surface area (Å²) < 4.78 is 6.46. The lowest BCUT2D eigenvalue weighted by Gasteiger charge is -2.10. The first-order valence-corrected chi connectivity index (χ1v) is 6.30. The summed E-state index contributed by atoms with van der Waals surface area (Å²) in [4.78, 5) is 4.16. The van der Waals surface area contributed by atoms with Crippen molar-refractivity contribution in [3.05, 3.63) is 58.3 Å². The number of nitrogens with zero attached hydrogens (tertiary/aromatic N) is 2. The van der Waals surface area contributed by atoms with Crippen molar-refractivity contribution in [2.45, 2.75) is 6.61 Å². The average molecular weight is 322 g/mol. The maximum absolute atomic E-state index is 8.77. The van der Waals surface area contributed by atoms with Gasteiger partial charge in [0.05, 0.1) is 11.3 Å². The molecule has 0 bridgehead atoms. The van der Waals surface area contributed by atoms with E-state index in [9.17, 15) is 0 Å². The Balaban J connectivity index is 2.20. The number of benzene rings is 1. The lowest BCUT2D eigenvalue weighted by atomic mass is 10.2. The molecule has 6 heteroatoms. The molecule has 0 aliphatic carbocycles. The lowest BCUT2D eigenvalue weighted by molar-refractivity contribution is 0.299. The van der Waals surface area contributed by atoms with E-state index in [2.05, 4.69) is 26.1 Å². The van der Waals surface area contributed by atoms with E-state index >= 15 is 0 Å². The van der Waals surface area contributed by atoms with E-state index in [0.29, 0.717) is 17.9 Å². The van der Waals surface area contributed by atoms with Gasteiger partial charge in [-0.2, -0.15) is 0 Å². The van der Waals surface area contributed by atoms with Gasteiger partial charge in [0.1, 0.15) is 12.4 Å². The van der Waals surface area contributed by atoms with Crippen molar-refractivity contribution in [3.8, 4) is 5.75 Å². The van der Waals surface area contributed by atoms with E-state index in [4.69, 9.17) is 15.7 Å². The Morgan fingerprint density at radius 3 is 2.89 bits per heavy atom. The maximum atomic E-state index is 8.77. The minimum absolute atomic E-state index is 0.00248. The van der Waals surface area contributed by atoms with Crippen LogP contribution in [0, 0.1) is 0 Å². The third kappa shape index (κ3) is 3.45. The van der Waals surface area contributed by atoms with Crippen LogP contribution in [0.5, 0.6) is 5.75 Å². The molecule has 2 rings (SSSR count). The largest absolute Gasteiger partial charge is 0.487 e. The summed E-state index contributed by atoms with van der Waals surface area (Å²) in [6, 6.07) is 10.9. The summed E-state index contributed by atoms with van der Waals surface area (Å²) in [7, 11) is 0. The summed E-state index contributed by atoms with van der Waals surface area (Å²) >= 11 is 3.33. The fraction of sp³-hybridized carbons (Fsp3) is 0.0769. The predicted molar refractivity (Wildman–Crippen MR) is 75.2 cm³/mol. The van der Waals surface area contributed by atoms with Gasteiger partial charge in [-0.05, 0) is 30.3 Å². The third-order valence-corrected chi connectivity index (χ3v) is 2.92. The first-order chi connectivity index (χ1) is 9.20. The summed E-state index contributed by atoms with van der Waals surface area (Å²) in [6.45, 7) is 0.314.